The molecule has 4 N–H and O–H groups in total. The normalized spacial score (nSPS) is 13.3. The summed E-state index contributed by atoms with van der Waals surface area (Å²) in [6.45, 7) is 2.00. The minimum Gasteiger partial charge on any atom is -0.507 e. The molecule has 3 amide bonds. The van der Waals surface area contributed by atoms with Crippen LogP contribution in [0.1, 0.15) is 87.7 Å². The van der Waals surface area contributed by atoms with Crippen LogP contribution >= 0.6 is 0 Å². The number of rotatable bonds is 7. The Bertz CT molecular complexity index is 3800. The number of hydrogen-bond donors (Lipinski definition) is 4. The number of aldehydes is 1. The van der Waals surface area contributed by atoms with Gasteiger partial charge in [0.15, 0.2) is 6.29 Å². The topological polar surface area (TPSA) is 134 Å². The second-order valence-electron chi connectivity index (χ2n) is 19.5. The summed E-state index contributed by atoms with van der Waals surface area (Å²) < 4.78 is 4.94. The van der Waals surface area contributed by atoms with Crippen LogP contribution in [0.4, 0.5) is 17.1 Å². The first-order chi connectivity index (χ1) is 39.3. The van der Waals surface area contributed by atoms with Gasteiger partial charge in [-0.2, -0.15) is 0 Å². The van der Waals surface area contributed by atoms with Gasteiger partial charge in [-0.25, -0.2) is 0 Å². The lowest BCUT2D eigenvalue weighted by atomic mass is 9.91. The monoisotopic (exact) mass is 1050 g/mol. The van der Waals surface area contributed by atoms with Gasteiger partial charge in [-0.15, -0.1) is 0 Å². The van der Waals surface area contributed by atoms with E-state index in [2.05, 4.69) is 125 Å². The van der Waals surface area contributed by atoms with Gasteiger partial charge in [0, 0.05) is 47.0 Å². The number of carbonyl (C=O) groups is 4. The zero-order valence-electron chi connectivity index (χ0n) is 43.7. The van der Waals surface area contributed by atoms with Crippen LogP contribution < -0.4 is 16.0 Å². The average molecular weight is 1050 g/mol. The van der Waals surface area contributed by atoms with Crippen LogP contribution in [0.25, 0.3) is 44.5 Å². The highest BCUT2D eigenvalue weighted by Gasteiger charge is 2.33. The molecule has 0 aromatic heterocycles. The van der Waals surface area contributed by atoms with Crippen LogP contribution in [0.2, 0.25) is 0 Å². The van der Waals surface area contributed by atoms with E-state index in [1.54, 1.807) is 18.2 Å². The van der Waals surface area contributed by atoms with Gasteiger partial charge in [0.1, 0.15) is 5.75 Å². The molecule has 9 heteroatoms. The third kappa shape index (κ3) is 11.3. The van der Waals surface area contributed by atoms with E-state index in [9.17, 15) is 19.2 Å². The zero-order chi connectivity index (χ0) is 54.8. The molecule has 3 aliphatic carbocycles. The number of phenolic OH excluding ortho intramolecular Hbond substituents is 1. The fourth-order valence-corrected chi connectivity index (χ4v) is 10.5. The third-order valence-corrected chi connectivity index (χ3v) is 14.4. The van der Waals surface area contributed by atoms with E-state index in [-0.39, 0.29) is 23.5 Å². The average Bonchev–Trinajstić information content (AvgIpc) is 4.51. The van der Waals surface area contributed by atoms with Crippen molar-refractivity contribution < 1.29 is 29.0 Å². The fraction of sp³-hybridized carbons (Fsp3) is 0.0704. The van der Waals surface area contributed by atoms with E-state index in [1.807, 2.05) is 109 Å². The molecule has 9 nitrogen and oxygen atoms in total. The predicted molar refractivity (Wildman–Crippen MR) is 320 cm³/mol. The van der Waals surface area contributed by atoms with Crippen molar-refractivity contribution in [2.24, 2.45) is 0 Å². The van der Waals surface area contributed by atoms with Gasteiger partial charge in [0.25, 0.3) is 17.7 Å². The standard InChI is InChI=1S/C40H26N2O2.C20H15NO.C7H6O2.C4H8O/c43-39(25-11-3-1-4-12-25)41-27-19-21-31-29-15-7-9-17-33(29)37(35(31)23-27)38-34-18-10-8-16-30(34)32-22-20-28(24-36(32)38)42-40(44)26-13-5-2-6-14-26;22-20(14-6-2-1-3-7-14)21-17-10-11-19-16(13-17)12-15-8-4-5-9-18(15)19;8-5-6-3-1-2-4-7(6)9;1-2-4-5-3-1/h1-24H,(H,41,43)(H,42,44);1-11,13H,12H2,(H,21,22);1-5,9H;1-4H2/b38-37+;;;. The Labute approximate surface area is 464 Å². The number of benzene rings is 10. The molecule has 1 fully saturated rings. The molecular weight excluding hydrogens is 991 g/mol. The minimum atomic E-state index is -0.148. The van der Waals surface area contributed by atoms with E-state index in [0.29, 0.717) is 28.5 Å². The van der Waals surface area contributed by atoms with Crippen LogP contribution in [-0.4, -0.2) is 42.3 Å². The maximum atomic E-state index is 13.1. The lowest BCUT2D eigenvalue weighted by Crippen LogP contribution is -2.11. The molecule has 10 aromatic carbocycles. The van der Waals surface area contributed by atoms with Gasteiger partial charge in [-0.05, 0) is 182 Å². The summed E-state index contributed by atoms with van der Waals surface area (Å²) in [7, 11) is 0. The third-order valence-electron chi connectivity index (χ3n) is 14.4. The van der Waals surface area contributed by atoms with Crippen LogP contribution in [-0.2, 0) is 11.2 Å². The van der Waals surface area contributed by atoms with Gasteiger partial charge in [0.2, 0.25) is 0 Å². The molecule has 10 aromatic rings. The molecule has 4 aliphatic rings. The predicted octanol–water partition coefficient (Wildman–Crippen LogP) is 15.7. The summed E-state index contributed by atoms with van der Waals surface area (Å²) in [5.41, 5.74) is 20.9. The largest absolute Gasteiger partial charge is 0.507 e. The van der Waals surface area contributed by atoms with Gasteiger partial charge < -0.3 is 25.8 Å². The zero-order valence-corrected chi connectivity index (χ0v) is 43.7. The number of ether oxygens (including phenoxy) is 1. The lowest BCUT2D eigenvalue weighted by molar-refractivity contribution is 0.101. The molecule has 0 atom stereocenters. The maximum Gasteiger partial charge on any atom is 0.255 e. The number of phenols is 1. The molecule has 0 bridgehead atoms. The number of para-hydroxylation sites is 1. The first-order valence-corrected chi connectivity index (χ1v) is 26.7. The molecule has 390 valence electrons. The maximum absolute atomic E-state index is 13.1. The van der Waals surface area contributed by atoms with Gasteiger partial charge in [-0.3, -0.25) is 19.2 Å². The van der Waals surface area contributed by atoms with Gasteiger partial charge in [-0.1, -0.05) is 158 Å². The summed E-state index contributed by atoms with van der Waals surface area (Å²) in [5.74, 6) is -0.334. The first-order valence-electron chi connectivity index (χ1n) is 26.7. The van der Waals surface area contributed by atoms with Crippen molar-refractivity contribution in [1.82, 2.24) is 0 Å². The molecule has 14 rings (SSSR count). The van der Waals surface area contributed by atoms with E-state index >= 15 is 0 Å². The molecule has 0 radical (unpaired) electrons. The summed E-state index contributed by atoms with van der Waals surface area (Å²) >= 11 is 0. The number of nitrogens with one attached hydrogen (secondary N) is 3. The van der Waals surface area contributed by atoms with Crippen molar-refractivity contribution in [3.8, 4) is 39.1 Å². The van der Waals surface area contributed by atoms with E-state index in [4.69, 9.17) is 9.84 Å². The quantitative estimate of drug-likeness (QED) is 0.118. The molecule has 0 saturated carbocycles. The number of fused-ring (bicyclic) bond motifs is 9. The van der Waals surface area contributed by atoms with Crippen molar-refractivity contribution >= 4 is 52.2 Å². The fourth-order valence-electron chi connectivity index (χ4n) is 10.5. The Balaban J connectivity index is 0.000000153. The highest BCUT2D eigenvalue weighted by molar-refractivity contribution is 6.20. The highest BCUT2D eigenvalue weighted by atomic mass is 16.5. The molecule has 0 spiro atoms. The summed E-state index contributed by atoms with van der Waals surface area (Å²) in [5, 5.41) is 18.1. The van der Waals surface area contributed by atoms with Gasteiger partial charge >= 0.3 is 0 Å². The molecular formula is C71H55N3O6. The van der Waals surface area contributed by atoms with Crippen LogP contribution in [0.3, 0.4) is 0 Å². The van der Waals surface area contributed by atoms with E-state index < -0.39 is 0 Å². The van der Waals surface area contributed by atoms with E-state index in [0.717, 1.165) is 92.4 Å². The highest BCUT2D eigenvalue weighted by Crippen LogP contribution is 2.55. The smallest absolute Gasteiger partial charge is 0.255 e. The van der Waals surface area contributed by atoms with Crippen molar-refractivity contribution in [2.45, 2.75) is 19.3 Å². The summed E-state index contributed by atoms with van der Waals surface area (Å²) in [4.78, 5) is 48.4. The molecule has 1 aliphatic heterocycles. The Morgan fingerprint density at radius 3 is 1.15 bits per heavy atom. The van der Waals surface area contributed by atoms with Gasteiger partial charge in [0.05, 0.1) is 5.56 Å². The first kappa shape index (κ1) is 51.9. The summed E-state index contributed by atoms with van der Waals surface area (Å²) in [6.07, 6.45) is 4.11. The minimum absolute atomic E-state index is 0.0347. The Morgan fingerprint density at radius 2 is 0.725 bits per heavy atom. The Kier molecular flexibility index (Phi) is 15.5. The molecule has 80 heavy (non-hydrogen) atoms. The Morgan fingerprint density at radius 1 is 0.362 bits per heavy atom. The van der Waals surface area contributed by atoms with Crippen molar-refractivity contribution in [1.29, 1.82) is 0 Å². The van der Waals surface area contributed by atoms with Crippen molar-refractivity contribution in [2.75, 3.05) is 29.2 Å². The Hall–Kier alpha value is -10.2. The number of carbonyl (C=O) groups excluding carboxylic acids is 4. The van der Waals surface area contributed by atoms with Crippen LogP contribution in [0.15, 0.2) is 243 Å². The molecule has 1 heterocycles. The lowest BCUT2D eigenvalue weighted by Gasteiger charge is -2.14. The number of hydrogen-bond acceptors (Lipinski definition) is 6. The number of amides is 3. The summed E-state index contributed by atoms with van der Waals surface area (Å²) in [6, 6.07) is 78.0. The number of anilines is 3. The van der Waals surface area contributed by atoms with E-state index in [1.165, 1.54) is 41.2 Å². The molecule has 1 saturated heterocycles. The van der Waals surface area contributed by atoms with Crippen LogP contribution in [0.5, 0.6) is 5.75 Å². The second kappa shape index (κ2) is 24.0. The molecule has 0 unspecified atom stereocenters. The number of aromatic hydroxyl groups is 1. The second-order valence-corrected chi connectivity index (χ2v) is 19.5. The van der Waals surface area contributed by atoms with Crippen LogP contribution in [0, 0.1) is 0 Å². The van der Waals surface area contributed by atoms with Crippen molar-refractivity contribution in [3.63, 3.8) is 0 Å². The van der Waals surface area contributed by atoms with Crippen molar-refractivity contribution in [3.05, 3.63) is 298 Å². The SMILES string of the molecule is C1CCOC1.O=C(Nc1ccc2c(c1)/C(=C1\c3ccccc3-c3ccc(NC(=O)c4ccccc4)cc31)c1ccccc1-2)c1ccccc1.O=C(Nc1ccc2c(c1)Cc1ccccc1-2)c1ccccc1.O=Cc1ccccc1O.